The summed E-state index contributed by atoms with van der Waals surface area (Å²) in [6, 6.07) is 6.83. The predicted octanol–water partition coefficient (Wildman–Crippen LogP) is 10.1. The second kappa shape index (κ2) is 14.0. The van der Waals surface area contributed by atoms with Gasteiger partial charge in [0.05, 0.1) is 5.56 Å². The normalized spacial score (nSPS) is 18.4. The van der Waals surface area contributed by atoms with Crippen LogP contribution < -0.4 is 4.74 Å². The van der Waals surface area contributed by atoms with Gasteiger partial charge < -0.3 is 4.74 Å². The molecule has 0 aliphatic heterocycles. The fourth-order valence-electron chi connectivity index (χ4n) is 5.22. The molecule has 0 amide bonds. The van der Waals surface area contributed by atoms with Crippen molar-refractivity contribution in [1.82, 2.24) is 0 Å². The van der Waals surface area contributed by atoms with Crippen LogP contribution in [0.1, 0.15) is 102 Å². The quantitative estimate of drug-likeness (QED) is 0.140. The van der Waals surface area contributed by atoms with E-state index in [2.05, 4.69) is 11.7 Å². The van der Waals surface area contributed by atoms with Gasteiger partial charge >= 0.3 is 6.11 Å². The van der Waals surface area contributed by atoms with Gasteiger partial charge in [-0.1, -0.05) is 96.1 Å². The number of unbranched alkanes of at least 4 members (excludes halogenated alkanes) is 6. The van der Waals surface area contributed by atoms with Crippen LogP contribution in [-0.2, 0) is 12.5 Å². The Hall–Kier alpha value is -2.11. The number of benzene rings is 2. The molecule has 0 radical (unpaired) electrons. The molecule has 1 saturated carbocycles. The third-order valence-corrected chi connectivity index (χ3v) is 7.51. The van der Waals surface area contributed by atoms with Gasteiger partial charge in [0.2, 0.25) is 0 Å². The van der Waals surface area contributed by atoms with Gasteiger partial charge in [0.25, 0.3) is 0 Å². The monoisotopic (exact) mass is 510 g/mol. The number of hydrogen-bond acceptors (Lipinski definition) is 1. The van der Waals surface area contributed by atoms with Crippen molar-refractivity contribution in [3.8, 4) is 5.75 Å². The first kappa shape index (κ1) is 28.5. The average molecular weight is 511 g/mol. The maximum atomic E-state index is 14.3. The summed E-state index contributed by atoms with van der Waals surface area (Å²) < 4.78 is 73.1. The molecule has 0 atom stereocenters. The van der Waals surface area contributed by atoms with E-state index < -0.39 is 29.1 Å². The van der Waals surface area contributed by atoms with Crippen LogP contribution in [0, 0.1) is 29.3 Å². The van der Waals surface area contributed by atoms with E-state index in [1.165, 1.54) is 89.2 Å². The molecule has 0 N–H and O–H groups in total. The van der Waals surface area contributed by atoms with Crippen molar-refractivity contribution < 1.29 is 26.7 Å². The van der Waals surface area contributed by atoms with E-state index in [0.29, 0.717) is 5.92 Å². The largest absolute Gasteiger partial charge is 0.429 e. The SMILES string of the molecule is CCCCCCCCCC1CCC(CCc2ccc(OC(F)(F)c3cc(F)c(F)c(F)c3)cc2)CC1. The van der Waals surface area contributed by atoms with E-state index in [1.54, 1.807) is 12.1 Å². The molecule has 0 saturated heterocycles. The molecule has 2 aromatic carbocycles. The second-order valence-corrected chi connectivity index (χ2v) is 10.4. The zero-order valence-corrected chi connectivity index (χ0v) is 21.3. The van der Waals surface area contributed by atoms with E-state index >= 15 is 0 Å². The molecule has 0 aromatic heterocycles. The molecular weight excluding hydrogens is 471 g/mol. The molecule has 1 aliphatic carbocycles. The molecular formula is C30H39F5O. The highest BCUT2D eigenvalue weighted by Gasteiger charge is 2.36. The number of hydrogen-bond donors (Lipinski definition) is 0. The summed E-state index contributed by atoms with van der Waals surface area (Å²) in [5.41, 5.74) is -0.0414. The van der Waals surface area contributed by atoms with Crippen LogP contribution in [0.5, 0.6) is 5.75 Å². The summed E-state index contributed by atoms with van der Waals surface area (Å²) in [6.07, 6.45) is 14.0. The third-order valence-electron chi connectivity index (χ3n) is 7.51. The minimum Gasteiger partial charge on any atom is -0.429 e. The van der Waals surface area contributed by atoms with Gasteiger partial charge in [0.15, 0.2) is 17.5 Å². The zero-order valence-electron chi connectivity index (χ0n) is 21.3. The van der Waals surface area contributed by atoms with Gasteiger partial charge in [-0.05, 0) is 54.5 Å². The fraction of sp³-hybridized carbons (Fsp3) is 0.600. The summed E-state index contributed by atoms with van der Waals surface area (Å²) in [4.78, 5) is 0. The van der Waals surface area contributed by atoms with Crippen LogP contribution in [0.3, 0.4) is 0 Å². The summed E-state index contributed by atoms with van der Waals surface area (Å²) in [6.45, 7) is 2.25. The first-order valence-corrected chi connectivity index (χ1v) is 13.6. The molecule has 2 aromatic rings. The highest BCUT2D eigenvalue weighted by molar-refractivity contribution is 5.29. The van der Waals surface area contributed by atoms with Crippen molar-refractivity contribution in [3.05, 3.63) is 65.0 Å². The van der Waals surface area contributed by atoms with Gasteiger partial charge in [-0.25, -0.2) is 13.2 Å². The molecule has 1 fully saturated rings. The standard InChI is InChI=1S/C30H39F5O/c1-2-3-4-5-6-7-8-9-22-10-12-23(13-11-22)14-15-24-16-18-26(19-17-24)36-30(34,35)25-20-27(31)29(33)28(32)21-25/h16-23H,2-15H2,1H3. The minimum absolute atomic E-state index is 0.125. The Kier molecular flexibility index (Phi) is 11.1. The summed E-state index contributed by atoms with van der Waals surface area (Å²) in [7, 11) is 0. The van der Waals surface area contributed by atoms with Crippen LogP contribution in [0.15, 0.2) is 36.4 Å². The van der Waals surface area contributed by atoms with Crippen molar-refractivity contribution >= 4 is 0 Å². The Morgan fingerprint density at radius 3 is 1.86 bits per heavy atom. The molecule has 1 aliphatic rings. The van der Waals surface area contributed by atoms with Crippen LogP contribution in [0.4, 0.5) is 22.0 Å². The first-order valence-electron chi connectivity index (χ1n) is 13.6. The maximum Gasteiger partial charge on any atom is 0.426 e. The zero-order chi connectivity index (χ0) is 26.0. The van der Waals surface area contributed by atoms with Crippen molar-refractivity contribution in [3.63, 3.8) is 0 Å². The molecule has 200 valence electrons. The minimum atomic E-state index is -4.00. The summed E-state index contributed by atoms with van der Waals surface area (Å²) >= 11 is 0. The first-order chi connectivity index (χ1) is 17.3. The smallest absolute Gasteiger partial charge is 0.426 e. The lowest BCUT2D eigenvalue weighted by molar-refractivity contribution is -0.185. The number of ether oxygens (including phenoxy) is 1. The number of aryl methyl sites for hydroxylation is 1. The number of alkyl halides is 2. The molecule has 1 nitrogen and oxygen atoms in total. The summed E-state index contributed by atoms with van der Waals surface area (Å²) in [5, 5.41) is 0. The molecule has 3 rings (SSSR count). The predicted molar refractivity (Wildman–Crippen MR) is 134 cm³/mol. The second-order valence-electron chi connectivity index (χ2n) is 10.4. The maximum absolute atomic E-state index is 14.3. The van der Waals surface area contributed by atoms with Crippen molar-refractivity contribution in [2.45, 2.75) is 103 Å². The van der Waals surface area contributed by atoms with E-state index in [4.69, 9.17) is 0 Å². The Morgan fingerprint density at radius 1 is 0.750 bits per heavy atom. The van der Waals surface area contributed by atoms with E-state index in [-0.39, 0.29) is 17.9 Å². The molecule has 36 heavy (non-hydrogen) atoms. The number of halogens is 5. The van der Waals surface area contributed by atoms with Gasteiger partial charge in [0, 0.05) is 0 Å². The van der Waals surface area contributed by atoms with E-state index in [9.17, 15) is 22.0 Å². The lowest BCUT2D eigenvalue weighted by atomic mass is 9.77. The Morgan fingerprint density at radius 2 is 1.28 bits per heavy atom. The van der Waals surface area contributed by atoms with Gasteiger partial charge in [-0.3, -0.25) is 0 Å². The Balaban J connectivity index is 1.37. The molecule has 0 unspecified atom stereocenters. The van der Waals surface area contributed by atoms with Gasteiger partial charge in [-0.2, -0.15) is 8.78 Å². The fourth-order valence-corrected chi connectivity index (χ4v) is 5.22. The third kappa shape index (κ3) is 8.77. The summed E-state index contributed by atoms with van der Waals surface area (Å²) in [5.74, 6) is -3.71. The van der Waals surface area contributed by atoms with Crippen molar-refractivity contribution in [2.24, 2.45) is 11.8 Å². The average Bonchev–Trinajstić information content (AvgIpc) is 2.86. The number of rotatable bonds is 14. The molecule has 0 bridgehead atoms. The Labute approximate surface area is 212 Å². The highest BCUT2D eigenvalue weighted by atomic mass is 19.3. The Bertz CT molecular complexity index is 896. The molecule has 6 heteroatoms. The van der Waals surface area contributed by atoms with E-state index in [1.807, 2.05) is 0 Å². The van der Waals surface area contributed by atoms with Crippen LogP contribution >= 0.6 is 0 Å². The van der Waals surface area contributed by atoms with Crippen molar-refractivity contribution in [1.29, 1.82) is 0 Å². The molecule has 0 heterocycles. The van der Waals surface area contributed by atoms with Crippen molar-refractivity contribution in [2.75, 3.05) is 0 Å². The van der Waals surface area contributed by atoms with Gasteiger partial charge in [0.1, 0.15) is 5.75 Å². The van der Waals surface area contributed by atoms with Crippen LogP contribution in [-0.4, -0.2) is 0 Å². The lowest BCUT2D eigenvalue weighted by Gasteiger charge is -2.28. The van der Waals surface area contributed by atoms with Crippen LogP contribution in [0.2, 0.25) is 0 Å². The molecule has 0 spiro atoms. The van der Waals surface area contributed by atoms with Crippen LogP contribution in [0.25, 0.3) is 0 Å². The van der Waals surface area contributed by atoms with Gasteiger partial charge in [-0.15, -0.1) is 0 Å². The highest BCUT2D eigenvalue weighted by Crippen LogP contribution is 2.35. The lowest BCUT2D eigenvalue weighted by Crippen LogP contribution is -2.22. The topological polar surface area (TPSA) is 9.23 Å². The van der Waals surface area contributed by atoms with E-state index in [0.717, 1.165) is 24.3 Å².